The van der Waals surface area contributed by atoms with Crippen LogP contribution in [-0.4, -0.2) is 32.2 Å². The van der Waals surface area contributed by atoms with Crippen molar-refractivity contribution in [2.24, 2.45) is 0 Å². The van der Waals surface area contributed by atoms with Crippen molar-refractivity contribution in [2.75, 3.05) is 21.3 Å². The van der Waals surface area contributed by atoms with Crippen molar-refractivity contribution < 1.29 is 28.5 Å². The van der Waals surface area contributed by atoms with Gasteiger partial charge in [0, 0.05) is 23.1 Å². The zero-order valence-electron chi connectivity index (χ0n) is 16.8. The first-order valence-corrected chi connectivity index (χ1v) is 9.23. The van der Waals surface area contributed by atoms with Crippen LogP contribution in [-0.2, 0) is 0 Å². The summed E-state index contributed by atoms with van der Waals surface area (Å²) in [4.78, 5) is 13.7. The SMILES string of the molecule is COc1ccc(-c2oc3ccccc3c2C(=O)c2c(O)cc(OC)cc2OC)cc1. The summed E-state index contributed by atoms with van der Waals surface area (Å²) in [6, 6.07) is 17.4. The molecule has 0 spiro atoms. The van der Waals surface area contributed by atoms with Gasteiger partial charge in [0.25, 0.3) is 0 Å². The lowest BCUT2D eigenvalue weighted by atomic mass is 9.96. The Hall–Kier alpha value is -3.93. The van der Waals surface area contributed by atoms with Crippen LogP contribution in [0.25, 0.3) is 22.3 Å². The van der Waals surface area contributed by atoms with Crippen LogP contribution in [0.15, 0.2) is 65.1 Å². The van der Waals surface area contributed by atoms with Crippen LogP contribution in [0.2, 0.25) is 0 Å². The topological polar surface area (TPSA) is 78.1 Å². The van der Waals surface area contributed by atoms with Crippen LogP contribution in [0.1, 0.15) is 15.9 Å². The molecule has 0 fully saturated rings. The summed E-state index contributed by atoms with van der Waals surface area (Å²) in [5, 5.41) is 11.2. The molecule has 0 amide bonds. The highest BCUT2D eigenvalue weighted by Crippen LogP contribution is 2.40. The first kappa shape index (κ1) is 19.4. The average Bonchev–Trinajstić information content (AvgIpc) is 3.17. The molecule has 0 aliphatic rings. The molecule has 0 saturated heterocycles. The normalized spacial score (nSPS) is 10.8. The van der Waals surface area contributed by atoms with Gasteiger partial charge in [0.2, 0.25) is 5.78 Å². The van der Waals surface area contributed by atoms with Crippen LogP contribution in [0.3, 0.4) is 0 Å². The predicted octanol–water partition coefficient (Wildman–Crippen LogP) is 5.06. The summed E-state index contributed by atoms with van der Waals surface area (Å²) in [6.07, 6.45) is 0. The number of ether oxygens (including phenoxy) is 3. The lowest BCUT2D eigenvalue weighted by Crippen LogP contribution is -2.06. The van der Waals surface area contributed by atoms with E-state index in [1.165, 1.54) is 20.3 Å². The number of ketones is 1. The smallest absolute Gasteiger partial charge is 0.205 e. The molecular weight excluding hydrogens is 384 g/mol. The van der Waals surface area contributed by atoms with E-state index in [9.17, 15) is 9.90 Å². The molecule has 0 atom stereocenters. The van der Waals surface area contributed by atoms with E-state index in [4.69, 9.17) is 18.6 Å². The zero-order valence-corrected chi connectivity index (χ0v) is 16.8. The van der Waals surface area contributed by atoms with Gasteiger partial charge in [-0.25, -0.2) is 0 Å². The van der Waals surface area contributed by atoms with Crippen LogP contribution < -0.4 is 14.2 Å². The zero-order chi connectivity index (χ0) is 21.3. The maximum atomic E-state index is 13.7. The van der Waals surface area contributed by atoms with Crippen LogP contribution in [0.5, 0.6) is 23.0 Å². The number of rotatable bonds is 6. The van der Waals surface area contributed by atoms with E-state index < -0.39 is 5.78 Å². The number of hydrogen-bond acceptors (Lipinski definition) is 6. The molecule has 0 aliphatic carbocycles. The van der Waals surface area contributed by atoms with Crippen LogP contribution in [0, 0.1) is 0 Å². The minimum absolute atomic E-state index is 0.0413. The van der Waals surface area contributed by atoms with Crippen LogP contribution >= 0.6 is 0 Å². The molecule has 1 N–H and O–H groups in total. The summed E-state index contributed by atoms with van der Waals surface area (Å²) in [5.74, 6) is 1.04. The number of aromatic hydroxyl groups is 1. The van der Waals surface area contributed by atoms with E-state index in [-0.39, 0.29) is 17.1 Å². The van der Waals surface area contributed by atoms with Crippen molar-refractivity contribution >= 4 is 16.8 Å². The molecule has 6 nitrogen and oxygen atoms in total. The van der Waals surface area contributed by atoms with Gasteiger partial charge in [-0.3, -0.25) is 4.79 Å². The summed E-state index contributed by atoms with van der Waals surface area (Å²) < 4.78 is 21.8. The molecule has 1 heterocycles. The highest BCUT2D eigenvalue weighted by atomic mass is 16.5. The lowest BCUT2D eigenvalue weighted by Gasteiger charge is -2.12. The van der Waals surface area contributed by atoms with Gasteiger partial charge in [0.15, 0.2) is 0 Å². The fourth-order valence-electron chi connectivity index (χ4n) is 3.42. The largest absolute Gasteiger partial charge is 0.507 e. The standard InChI is InChI=1S/C24H20O6/c1-27-15-10-8-14(9-11-15)24-21(17-6-4-5-7-19(17)30-24)23(26)22-18(25)12-16(28-2)13-20(22)29-3/h4-13,25H,1-3H3. The predicted molar refractivity (Wildman–Crippen MR) is 113 cm³/mol. The first-order valence-electron chi connectivity index (χ1n) is 9.23. The Kier molecular flexibility index (Phi) is 5.06. The van der Waals surface area contributed by atoms with Gasteiger partial charge >= 0.3 is 0 Å². The second kappa shape index (κ2) is 7.83. The van der Waals surface area contributed by atoms with E-state index in [1.54, 1.807) is 31.4 Å². The first-order chi connectivity index (χ1) is 14.6. The Labute approximate surface area is 173 Å². The maximum absolute atomic E-state index is 13.7. The molecule has 0 unspecified atom stereocenters. The highest BCUT2D eigenvalue weighted by Gasteiger charge is 2.28. The number of benzene rings is 3. The summed E-state index contributed by atoms with van der Waals surface area (Å²) >= 11 is 0. The second-order valence-electron chi connectivity index (χ2n) is 6.58. The van der Waals surface area contributed by atoms with Gasteiger partial charge in [0.1, 0.15) is 39.9 Å². The summed E-state index contributed by atoms with van der Waals surface area (Å²) in [5.41, 5.74) is 1.66. The van der Waals surface area contributed by atoms with Crippen molar-refractivity contribution in [1.29, 1.82) is 0 Å². The molecule has 4 rings (SSSR count). The van der Waals surface area contributed by atoms with Crippen molar-refractivity contribution in [3.05, 3.63) is 71.8 Å². The fourth-order valence-corrected chi connectivity index (χ4v) is 3.42. The Bertz CT molecular complexity index is 1220. The number of methoxy groups -OCH3 is 3. The molecule has 0 radical (unpaired) electrons. The number of furan rings is 1. The number of hydrogen-bond donors (Lipinski definition) is 1. The van der Waals surface area contributed by atoms with Gasteiger partial charge < -0.3 is 23.7 Å². The quantitative estimate of drug-likeness (QED) is 0.453. The Morgan fingerprint density at radius 2 is 1.53 bits per heavy atom. The minimum atomic E-state index is -0.414. The second-order valence-corrected chi connectivity index (χ2v) is 6.58. The van der Waals surface area contributed by atoms with Crippen molar-refractivity contribution in [2.45, 2.75) is 0 Å². The van der Waals surface area contributed by atoms with Gasteiger partial charge in [-0.05, 0) is 30.3 Å². The molecule has 0 aliphatic heterocycles. The third kappa shape index (κ3) is 3.22. The van der Waals surface area contributed by atoms with Gasteiger partial charge in [-0.2, -0.15) is 0 Å². The monoisotopic (exact) mass is 404 g/mol. The van der Waals surface area contributed by atoms with Gasteiger partial charge in [-0.15, -0.1) is 0 Å². The lowest BCUT2D eigenvalue weighted by molar-refractivity contribution is 0.103. The third-order valence-electron chi connectivity index (χ3n) is 4.91. The Balaban J connectivity index is 1.95. The number of phenols is 1. The molecule has 0 saturated carbocycles. The van der Waals surface area contributed by atoms with Crippen molar-refractivity contribution in [3.63, 3.8) is 0 Å². The molecule has 6 heteroatoms. The van der Waals surface area contributed by atoms with Crippen molar-refractivity contribution in [1.82, 2.24) is 0 Å². The number of fused-ring (bicyclic) bond motifs is 1. The number of carbonyl (C=O) groups excluding carboxylic acids is 1. The number of carbonyl (C=O) groups is 1. The molecule has 30 heavy (non-hydrogen) atoms. The molecule has 1 aromatic heterocycles. The summed E-state index contributed by atoms with van der Waals surface area (Å²) in [6.45, 7) is 0. The Morgan fingerprint density at radius 1 is 0.833 bits per heavy atom. The van der Waals surface area contributed by atoms with E-state index in [0.29, 0.717) is 39.4 Å². The van der Waals surface area contributed by atoms with E-state index in [1.807, 2.05) is 30.3 Å². The van der Waals surface area contributed by atoms with Crippen LogP contribution in [0.4, 0.5) is 0 Å². The van der Waals surface area contributed by atoms with E-state index in [0.717, 1.165) is 0 Å². The molecule has 3 aromatic carbocycles. The molecule has 4 aromatic rings. The van der Waals surface area contributed by atoms with Crippen molar-refractivity contribution in [3.8, 4) is 34.3 Å². The average molecular weight is 404 g/mol. The summed E-state index contributed by atoms with van der Waals surface area (Å²) in [7, 11) is 4.49. The molecule has 0 bridgehead atoms. The number of phenolic OH excluding ortho intramolecular Hbond substituents is 1. The van der Waals surface area contributed by atoms with E-state index >= 15 is 0 Å². The van der Waals surface area contributed by atoms with Gasteiger partial charge in [0.05, 0.1) is 26.9 Å². The molecular formula is C24H20O6. The highest BCUT2D eigenvalue weighted by molar-refractivity contribution is 6.21. The maximum Gasteiger partial charge on any atom is 0.205 e. The minimum Gasteiger partial charge on any atom is -0.507 e. The third-order valence-corrected chi connectivity index (χ3v) is 4.91. The Morgan fingerprint density at radius 3 is 2.20 bits per heavy atom. The fraction of sp³-hybridized carbons (Fsp3) is 0.125. The van der Waals surface area contributed by atoms with Gasteiger partial charge in [-0.1, -0.05) is 18.2 Å². The number of para-hydroxylation sites is 1. The van der Waals surface area contributed by atoms with E-state index in [2.05, 4.69) is 0 Å². The molecule has 152 valence electrons.